The van der Waals surface area contributed by atoms with E-state index in [1.807, 2.05) is 67.3 Å². The second-order valence-corrected chi connectivity index (χ2v) is 10.6. The molecule has 40 heavy (non-hydrogen) atoms. The van der Waals surface area contributed by atoms with Gasteiger partial charge < -0.3 is 14.7 Å². The molecule has 1 saturated heterocycles. The van der Waals surface area contributed by atoms with Crippen molar-refractivity contribution in [3.05, 3.63) is 101 Å². The van der Waals surface area contributed by atoms with Crippen LogP contribution in [-0.2, 0) is 11.3 Å². The molecule has 0 aliphatic carbocycles. The van der Waals surface area contributed by atoms with Crippen molar-refractivity contribution in [1.29, 1.82) is 0 Å². The number of phenols is 1. The van der Waals surface area contributed by atoms with Crippen LogP contribution in [0.15, 0.2) is 72.8 Å². The molecule has 1 heterocycles. The number of nitrogens with zero attached hydrogens (tertiary/aromatic N) is 3. The van der Waals surface area contributed by atoms with Crippen LogP contribution < -0.4 is 0 Å². The Kier molecular flexibility index (Phi) is 9.61. The summed E-state index contributed by atoms with van der Waals surface area (Å²) in [5.41, 5.74) is 4.50. The molecule has 1 aliphatic rings. The molecule has 7 heteroatoms. The molecule has 0 saturated carbocycles. The summed E-state index contributed by atoms with van der Waals surface area (Å²) in [6, 6.07) is 23.5. The predicted octanol–water partition coefficient (Wildman–Crippen LogP) is 5.35. The number of piperazine rings is 1. The molecule has 1 aliphatic heterocycles. The van der Waals surface area contributed by atoms with Gasteiger partial charge in [0.25, 0.3) is 5.91 Å². The highest BCUT2D eigenvalue weighted by Gasteiger charge is 2.35. The zero-order valence-corrected chi connectivity index (χ0v) is 24.2. The summed E-state index contributed by atoms with van der Waals surface area (Å²) < 4.78 is 4.82. The van der Waals surface area contributed by atoms with Crippen molar-refractivity contribution < 1.29 is 19.4 Å². The first-order valence-electron chi connectivity index (χ1n) is 14.1. The Hall–Kier alpha value is -3.68. The Labute approximate surface area is 238 Å². The number of phenolic OH excluding ortho intramolecular Hbond substituents is 1. The molecule has 0 spiro atoms. The topological polar surface area (TPSA) is 73.3 Å². The number of aromatic hydroxyl groups is 1. The fourth-order valence-electron chi connectivity index (χ4n) is 5.68. The lowest BCUT2D eigenvalue weighted by Crippen LogP contribution is -2.56. The van der Waals surface area contributed by atoms with Crippen LogP contribution in [0.1, 0.15) is 71.1 Å². The van der Waals surface area contributed by atoms with Crippen molar-refractivity contribution in [2.24, 2.45) is 0 Å². The van der Waals surface area contributed by atoms with E-state index in [1.54, 1.807) is 6.07 Å². The minimum absolute atomic E-state index is 0.0423. The Bertz CT molecular complexity index is 1290. The van der Waals surface area contributed by atoms with Gasteiger partial charge >= 0.3 is 5.97 Å². The average Bonchev–Trinajstić information content (AvgIpc) is 2.96. The van der Waals surface area contributed by atoms with Gasteiger partial charge in [-0.05, 0) is 80.8 Å². The van der Waals surface area contributed by atoms with Gasteiger partial charge in [-0.3, -0.25) is 14.6 Å². The highest BCUT2D eigenvalue weighted by molar-refractivity contribution is 5.94. The minimum Gasteiger partial charge on any atom is -0.508 e. The highest BCUT2D eigenvalue weighted by Crippen LogP contribution is 2.35. The number of rotatable bonds is 9. The molecule has 0 unspecified atom stereocenters. The number of methoxy groups -OCH3 is 1. The number of carbonyl (C=O) groups is 2. The molecule has 4 rings (SSSR count). The molecular formula is C33H41N3O4. The van der Waals surface area contributed by atoms with Crippen molar-refractivity contribution in [3.63, 3.8) is 0 Å². The summed E-state index contributed by atoms with van der Waals surface area (Å²) >= 11 is 0. The monoisotopic (exact) mass is 543 g/mol. The third kappa shape index (κ3) is 6.54. The molecule has 1 amide bonds. The number of esters is 1. The van der Waals surface area contributed by atoms with Gasteiger partial charge in [0.2, 0.25) is 0 Å². The Balaban J connectivity index is 1.57. The lowest BCUT2D eigenvalue weighted by Gasteiger charge is -2.47. The number of hydrogen-bond donors (Lipinski definition) is 1. The van der Waals surface area contributed by atoms with Gasteiger partial charge in [-0.15, -0.1) is 0 Å². The van der Waals surface area contributed by atoms with Crippen LogP contribution in [0.4, 0.5) is 0 Å². The van der Waals surface area contributed by atoms with Crippen molar-refractivity contribution in [2.45, 2.75) is 52.4 Å². The van der Waals surface area contributed by atoms with E-state index in [4.69, 9.17) is 4.74 Å². The van der Waals surface area contributed by atoms with E-state index in [-0.39, 0.29) is 35.8 Å². The molecular weight excluding hydrogens is 502 g/mol. The third-order valence-corrected chi connectivity index (χ3v) is 7.97. The van der Waals surface area contributed by atoms with E-state index >= 15 is 0 Å². The molecule has 3 atom stereocenters. The Morgan fingerprint density at radius 3 is 2.15 bits per heavy atom. The molecule has 212 valence electrons. The summed E-state index contributed by atoms with van der Waals surface area (Å²) in [4.78, 5) is 31.5. The van der Waals surface area contributed by atoms with Gasteiger partial charge in [0, 0.05) is 50.4 Å². The van der Waals surface area contributed by atoms with Crippen LogP contribution in [0.25, 0.3) is 0 Å². The van der Waals surface area contributed by atoms with Crippen LogP contribution in [0.2, 0.25) is 0 Å². The van der Waals surface area contributed by atoms with E-state index in [2.05, 4.69) is 41.8 Å². The van der Waals surface area contributed by atoms with E-state index in [0.717, 1.165) is 36.3 Å². The zero-order chi connectivity index (χ0) is 28.8. The molecule has 3 aromatic rings. The maximum absolute atomic E-state index is 12.9. The van der Waals surface area contributed by atoms with Gasteiger partial charge in [-0.1, -0.05) is 36.4 Å². The first-order chi connectivity index (χ1) is 19.2. The van der Waals surface area contributed by atoms with Crippen molar-refractivity contribution in [2.75, 3.05) is 33.3 Å². The van der Waals surface area contributed by atoms with E-state index in [0.29, 0.717) is 24.2 Å². The summed E-state index contributed by atoms with van der Waals surface area (Å²) in [5.74, 6) is -0.0446. The summed E-state index contributed by atoms with van der Waals surface area (Å²) in [6.07, 6.45) is 0. The third-order valence-electron chi connectivity index (χ3n) is 7.97. The highest BCUT2D eigenvalue weighted by atomic mass is 16.5. The van der Waals surface area contributed by atoms with Gasteiger partial charge in [0.1, 0.15) is 5.75 Å². The smallest absolute Gasteiger partial charge is 0.337 e. The number of ether oxygens (including phenoxy) is 1. The molecule has 0 aromatic heterocycles. The van der Waals surface area contributed by atoms with Crippen LogP contribution in [0, 0.1) is 0 Å². The van der Waals surface area contributed by atoms with E-state index in [9.17, 15) is 14.7 Å². The van der Waals surface area contributed by atoms with Crippen molar-refractivity contribution in [3.8, 4) is 5.75 Å². The normalized spacial score (nSPS) is 18.7. The quantitative estimate of drug-likeness (QED) is 0.367. The maximum atomic E-state index is 12.9. The Morgan fingerprint density at radius 2 is 1.55 bits per heavy atom. The van der Waals surface area contributed by atoms with Gasteiger partial charge in [0.15, 0.2) is 0 Å². The number of hydrogen-bond acceptors (Lipinski definition) is 6. The van der Waals surface area contributed by atoms with Crippen LogP contribution in [0.5, 0.6) is 5.75 Å². The van der Waals surface area contributed by atoms with Crippen LogP contribution in [0.3, 0.4) is 0 Å². The van der Waals surface area contributed by atoms with Gasteiger partial charge in [-0.25, -0.2) is 4.79 Å². The minimum atomic E-state index is -0.328. The summed E-state index contributed by atoms with van der Waals surface area (Å²) in [6.45, 7) is 12.3. The molecule has 0 bridgehead atoms. The summed E-state index contributed by atoms with van der Waals surface area (Å²) in [7, 11) is 1.39. The summed E-state index contributed by atoms with van der Waals surface area (Å²) in [5, 5.41) is 10.3. The first-order valence-corrected chi connectivity index (χ1v) is 14.1. The second kappa shape index (κ2) is 13.1. The average molecular weight is 544 g/mol. The Morgan fingerprint density at radius 1 is 0.900 bits per heavy atom. The van der Waals surface area contributed by atoms with Crippen molar-refractivity contribution >= 4 is 11.9 Å². The zero-order valence-electron chi connectivity index (χ0n) is 24.2. The molecule has 1 fully saturated rings. The lowest BCUT2D eigenvalue weighted by molar-refractivity contribution is 0.0195. The van der Waals surface area contributed by atoms with E-state index in [1.165, 1.54) is 7.11 Å². The SMILES string of the molecule is CCN(CC)C(=O)c1ccc([C@H](c2cccc(O)c2)N2C[C@@H](C)N(Cc3ccc(C(=O)OC)cc3)C[C@@H]2C)cc1. The molecule has 7 nitrogen and oxygen atoms in total. The number of carbonyl (C=O) groups excluding carboxylic acids is 2. The van der Waals surface area contributed by atoms with Crippen LogP contribution >= 0.6 is 0 Å². The van der Waals surface area contributed by atoms with Gasteiger partial charge in [0.05, 0.1) is 18.7 Å². The van der Waals surface area contributed by atoms with E-state index < -0.39 is 0 Å². The number of benzene rings is 3. The fourth-order valence-corrected chi connectivity index (χ4v) is 5.68. The maximum Gasteiger partial charge on any atom is 0.337 e. The lowest BCUT2D eigenvalue weighted by atomic mass is 9.92. The molecule has 3 aromatic carbocycles. The van der Waals surface area contributed by atoms with Gasteiger partial charge in [-0.2, -0.15) is 0 Å². The molecule has 1 N–H and O–H groups in total. The first kappa shape index (κ1) is 29.3. The second-order valence-electron chi connectivity index (χ2n) is 10.6. The van der Waals surface area contributed by atoms with Crippen LogP contribution in [-0.4, -0.2) is 77.1 Å². The fraction of sp³-hybridized carbons (Fsp3) is 0.394. The predicted molar refractivity (Wildman–Crippen MR) is 157 cm³/mol. The largest absolute Gasteiger partial charge is 0.508 e. The molecule has 0 radical (unpaired) electrons. The van der Waals surface area contributed by atoms with Crippen molar-refractivity contribution in [1.82, 2.24) is 14.7 Å². The number of amides is 1. The standard InChI is InChI=1S/C33H41N3O4/c1-6-34(7-2)32(38)27-17-15-26(16-18-27)31(29-9-8-10-30(37)19-29)36-21-23(3)35(20-24(36)4)22-25-11-13-28(14-12-25)33(39)40-5/h8-19,23-24,31,37H,6-7,20-22H2,1-5H3/t23-,24+,31-/m1/s1.